The molecule has 0 aliphatic carbocycles. The number of likely N-dealkylation sites (N-methyl/N-ethyl adjacent to an activating group) is 1. The molecule has 24 heavy (non-hydrogen) atoms. The van der Waals surface area contributed by atoms with Crippen LogP contribution in [0.1, 0.15) is 32.4 Å². The van der Waals surface area contributed by atoms with Gasteiger partial charge in [-0.15, -0.1) is 0 Å². The molecule has 2 rings (SSSR count). The number of rotatable bonds is 5. The van der Waals surface area contributed by atoms with Crippen LogP contribution in [0.3, 0.4) is 0 Å². The first-order chi connectivity index (χ1) is 11.4. The van der Waals surface area contributed by atoms with Gasteiger partial charge in [0.2, 0.25) is 0 Å². The standard InChI is InChI=1S/C16H20N4O3S/c1-4-19(5-2)15(21)13-10(3)17-16(24)18-14(13)11-7-6-8-12(9-11)20(22)23/h6-9,14H,4-5H2,1-3H3,(H2,17,18,24)/t14-/m0/s1. The molecule has 0 aromatic heterocycles. The van der Waals surface area contributed by atoms with Crippen molar-refractivity contribution in [2.24, 2.45) is 0 Å². The second-order valence-corrected chi connectivity index (χ2v) is 5.81. The highest BCUT2D eigenvalue weighted by atomic mass is 32.1. The van der Waals surface area contributed by atoms with Crippen LogP contribution >= 0.6 is 12.2 Å². The molecule has 1 aliphatic heterocycles. The SMILES string of the molecule is CCN(CC)C(=O)C1=C(C)NC(=S)N[C@H]1c1cccc([N+](=O)[O-])c1. The Labute approximate surface area is 145 Å². The van der Waals surface area contributed by atoms with Gasteiger partial charge in [0.15, 0.2) is 5.11 Å². The summed E-state index contributed by atoms with van der Waals surface area (Å²) in [7, 11) is 0. The molecule has 0 bridgehead atoms. The van der Waals surface area contributed by atoms with Crippen molar-refractivity contribution in [3.05, 3.63) is 51.2 Å². The van der Waals surface area contributed by atoms with Gasteiger partial charge in [-0.2, -0.15) is 0 Å². The highest BCUT2D eigenvalue weighted by molar-refractivity contribution is 7.80. The van der Waals surface area contributed by atoms with Crippen molar-refractivity contribution in [1.82, 2.24) is 15.5 Å². The first kappa shape index (κ1) is 17.9. The molecular weight excluding hydrogens is 328 g/mol. The number of nitrogens with zero attached hydrogens (tertiary/aromatic N) is 2. The van der Waals surface area contributed by atoms with Crippen molar-refractivity contribution in [2.45, 2.75) is 26.8 Å². The van der Waals surface area contributed by atoms with Gasteiger partial charge in [0, 0.05) is 30.9 Å². The summed E-state index contributed by atoms with van der Waals surface area (Å²) in [5.41, 5.74) is 1.79. The maximum Gasteiger partial charge on any atom is 0.269 e. The third-order valence-electron chi connectivity index (χ3n) is 3.96. The number of thiocarbonyl (C=S) groups is 1. The molecule has 0 radical (unpaired) electrons. The minimum Gasteiger partial charge on any atom is -0.351 e. The monoisotopic (exact) mass is 348 g/mol. The average molecular weight is 348 g/mol. The molecule has 0 saturated carbocycles. The van der Waals surface area contributed by atoms with Crippen molar-refractivity contribution in [3.63, 3.8) is 0 Å². The van der Waals surface area contributed by atoms with Gasteiger partial charge in [-0.25, -0.2) is 0 Å². The third kappa shape index (κ3) is 3.53. The van der Waals surface area contributed by atoms with E-state index in [4.69, 9.17) is 12.2 Å². The molecule has 1 heterocycles. The van der Waals surface area contributed by atoms with Crippen molar-refractivity contribution < 1.29 is 9.72 Å². The molecule has 7 nitrogen and oxygen atoms in total. The van der Waals surface area contributed by atoms with Gasteiger partial charge in [0.25, 0.3) is 11.6 Å². The summed E-state index contributed by atoms with van der Waals surface area (Å²) in [6.07, 6.45) is 0. The van der Waals surface area contributed by atoms with E-state index in [1.54, 1.807) is 24.0 Å². The summed E-state index contributed by atoms with van der Waals surface area (Å²) in [6.45, 7) is 6.77. The Morgan fingerprint density at radius 1 is 1.38 bits per heavy atom. The number of nitro groups is 1. The molecule has 0 saturated heterocycles. The molecule has 0 fully saturated rings. The van der Waals surface area contributed by atoms with Crippen LogP contribution in [0, 0.1) is 10.1 Å². The van der Waals surface area contributed by atoms with Gasteiger partial charge in [0.1, 0.15) is 0 Å². The molecule has 1 aromatic carbocycles. The van der Waals surface area contributed by atoms with E-state index in [0.29, 0.717) is 35.0 Å². The van der Waals surface area contributed by atoms with Crippen LogP contribution in [0.4, 0.5) is 5.69 Å². The molecule has 2 N–H and O–H groups in total. The van der Waals surface area contributed by atoms with Crippen molar-refractivity contribution in [3.8, 4) is 0 Å². The summed E-state index contributed by atoms with van der Waals surface area (Å²) in [5.74, 6) is -0.114. The summed E-state index contributed by atoms with van der Waals surface area (Å²) in [5, 5.41) is 17.5. The van der Waals surface area contributed by atoms with E-state index in [9.17, 15) is 14.9 Å². The zero-order valence-corrected chi connectivity index (χ0v) is 14.6. The van der Waals surface area contributed by atoms with Crippen molar-refractivity contribution >= 4 is 28.9 Å². The Bertz CT molecular complexity index is 713. The van der Waals surface area contributed by atoms with E-state index in [-0.39, 0.29) is 11.6 Å². The summed E-state index contributed by atoms with van der Waals surface area (Å²) in [4.78, 5) is 25.2. The molecule has 1 aliphatic rings. The van der Waals surface area contributed by atoms with Crippen molar-refractivity contribution in [2.75, 3.05) is 13.1 Å². The fourth-order valence-corrected chi connectivity index (χ4v) is 3.00. The molecule has 1 amide bonds. The van der Waals surface area contributed by atoms with Crippen molar-refractivity contribution in [1.29, 1.82) is 0 Å². The van der Waals surface area contributed by atoms with E-state index in [0.717, 1.165) is 0 Å². The number of benzene rings is 1. The van der Waals surface area contributed by atoms with Crippen LogP contribution < -0.4 is 10.6 Å². The number of allylic oxidation sites excluding steroid dienone is 1. The first-order valence-corrected chi connectivity index (χ1v) is 8.11. The highest BCUT2D eigenvalue weighted by Crippen LogP contribution is 2.30. The molecule has 8 heteroatoms. The zero-order chi connectivity index (χ0) is 17.9. The number of nitrogens with one attached hydrogen (secondary N) is 2. The largest absolute Gasteiger partial charge is 0.351 e. The van der Waals surface area contributed by atoms with Gasteiger partial charge < -0.3 is 15.5 Å². The number of hydrogen-bond acceptors (Lipinski definition) is 4. The zero-order valence-electron chi connectivity index (χ0n) is 13.8. The van der Waals surface area contributed by atoms with Gasteiger partial charge >= 0.3 is 0 Å². The lowest BCUT2D eigenvalue weighted by molar-refractivity contribution is -0.384. The predicted molar refractivity (Wildman–Crippen MR) is 95.3 cm³/mol. The van der Waals surface area contributed by atoms with Crippen LogP contribution in [0.15, 0.2) is 35.5 Å². The predicted octanol–water partition coefficient (Wildman–Crippen LogP) is 2.26. The number of hydrogen-bond donors (Lipinski definition) is 2. The molecule has 0 spiro atoms. The Hall–Kier alpha value is -2.48. The first-order valence-electron chi connectivity index (χ1n) is 7.70. The van der Waals surface area contributed by atoms with Crippen LogP contribution in [0.2, 0.25) is 0 Å². The van der Waals surface area contributed by atoms with E-state index >= 15 is 0 Å². The highest BCUT2D eigenvalue weighted by Gasteiger charge is 2.32. The fraction of sp³-hybridized carbons (Fsp3) is 0.375. The lowest BCUT2D eigenvalue weighted by Crippen LogP contribution is -2.47. The van der Waals surface area contributed by atoms with E-state index < -0.39 is 11.0 Å². The minimum absolute atomic E-state index is 0.0222. The fourth-order valence-electron chi connectivity index (χ4n) is 2.73. The lowest BCUT2D eigenvalue weighted by atomic mass is 9.94. The number of amides is 1. The normalized spacial score (nSPS) is 17.1. The molecule has 0 unspecified atom stereocenters. The second kappa shape index (κ2) is 7.39. The number of carbonyl (C=O) groups is 1. The van der Waals surface area contributed by atoms with E-state index in [2.05, 4.69) is 10.6 Å². The van der Waals surface area contributed by atoms with Crippen LogP contribution in [-0.2, 0) is 4.79 Å². The topological polar surface area (TPSA) is 87.5 Å². The Balaban J connectivity index is 2.51. The molecule has 128 valence electrons. The quantitative estimate of drug-likeness (QED) is 0.482. The van der Waals surface area contributed by atoms with Crippen LogP contribution in [-0.4, -0.2) is 33.9 Å². The van der Waals surface area contributed by atoms with Crippen LogP contribution in [0.5, 0.6) is 0 Å². The Morgan fingerprint density at radius 3 is 2.62 bits per heavy atom. The third-order valence-corrected chi connectivity index (χ3v) is 4.18. The van der Waals surface area contributed by atoms with Gasteiger partial charge in [-0.3, -0.25) is 14.9 Å². The van der Waals surface area contributed by atoms with Gasteiger partial charge in [0.05, 0.1) is 16.5 Å². The summed E-state index contributed by atoms with van der Waals surface area (Å²) < 4.78 is 0. The average Bonchev–Trinajstić information content (AvgIpc) is 2.55. The second-order valence-electron chi connectivity index (χ2n) is 5.40. The maximum absolute atomic E-state index is 12.9. The van der Waals surface area contributed by atoms with E-state index in [1.807, 2.05) is 13.8 Å². The number of nitro benzene ring substituents is 1. The number of non-ortho nitro benzene ring substituents is 1. The molecule has 1 atom stereocenters. The number of carbonyl (C=O) groups excluding carboxylic acids is 1. The minimum atomic E-state index is -0.522. The maximum atomic E-state index is 12.9. The Kier molecular flexibility index (Phi) is 5.50. The smallest absolute Gasteiger partial charge is 0.269 e. The van der Waals surface area contributed by atoms with Gasteiger partial charge in [-0.05, 0) is 38.6 Å². The Morgan fingerprint density at radius 2 is 2.04 bits per heavy atom. The summed E-state index contributed by atoms with van der Waals surface area (Å²) >= 11 is 5.19. The van der Waals surface area contributed by atoms with Crippen LogP contribution in [0.25, 0.3) is 0 Å². The molecular formula is C16H20N4O3S. The lowest BCUT2D eigenvalue weighted by Gasteiger charge is -2.32. The van der Waals surface area contributed by atoms with Gasteiger partial charge in [-0.1, -0.05) is 12.1 Å². The van der Waals surface area contributed by atoms with E-state index in [1.165, 1.54) is 12.1 Å². The molecule has 1 aromatic rings. The summed E-state index contributed by atoms with van der Waals surface area (Å²) in [6, 6.07) is 5.72.